The molecule has 0 aromatic heterocycles. The average molecular weight is 275 g/mol. The summed E-state index contributed by atoms with van der Waals surface area (Å²) in [7, 11) is 0. The Morgan fingerprint density at radius 1 is 1.05 bits per heavy atom. The third-order valence-electron chi connectivity index (χ3n) is 3.03. The van der Waals surface area contributed by atoms with E-state index in [1.807, 2.05) is 12.1 Å². The number of anilines is 1. The Kier molecular flexibility index (Phi) is 4.69. The minimum absolute atomic E-state index is 0.332. The number of nitrogens with zero attached hydrogens (tertiary/aromatic N) is 2. The molecule has 21 heavy (non-hydrogen) atoms. The van der Waals surface area contributed by atoms with Gasteiger partial charge in [-0.1, -0.05) is 42.5 Å². The first-order chi connectivity index (χ1) is 10.2. The molecule has 2 aromatic rings. The zero-order valence-electron chi connectivity index (χ0n) is 11.3. The molecule has 0 aliphatic heterocycles. The Morgan fingerprint density at radius 2 is 1.71 bits per heavy atom. The Hall–Kier alpha value is -3.11. The fraction of sp³-hybridized carbons (Fsp3) is 0.118. The van der Waals surface area contributed by atoms with Crippen LogP contribution in [0.2, 0.25) is 0 Å². The van der Waals surface area contributed by atoms with Crippen LogP contribution >= 0.6 is 0 Å². The number of carbonyl (C=O) groups excluding carboxylic acids is 1. The first-order valence-corrected chi connectivity index (χ1v) is 6.46. The largest absolute Gasteiger partial charge is 0.325 e. The number of nitrogens with one attached hydrogen (secondary N) is 1. The van der Waals surface area contributed by atoms with Crippen LogP contribution in [0.15, 0.2) is 54.6 Å². The predicted molar refractivity (Wildman–Crippen MR) is 79.2 cm³/mol. The smallest absolute Gasteiger partial charge is 0.246 e. The molecule has 0 fully saturated rings. The van der Waals surface area contributed by atoms with Gasteiger partial charge < -0.3 is 5.32 Å². The number of hydrogen-bond acceptors (Lipinski definition) is 3. The summed E-state index contributed by atoms with van der Waals surface area (Å²) in [6.07, 6.45) is 0.332. The molecule has 0 aliphatic carbocycles. The van der Waals surface area contributed by atoms with Gasteiger partial charge in [-0.15, -0.1) is 0 Å². The minimum atomic E-state index is -0.843. The Balaban J connectivity index is 2.10. The highest BCUT2D eigenvalue weighted by Crippen LogP contribution is 2.18. The lowest BCUT2D eigenvalue weighted by Crippen LogP contribution is -2.19. The summed E-state index contributed by atoms with van der Waals surface area (Å²) < 4.78 is 0. The van der Waals surface area contributed by atoms with Crippen LogP contribution in [0.3, 0.4) is 0 Å². The molecule has 1 atom stereocenters. The molecule has 0 heterocycles. The second kappa shape index (κ2) is 6.88. The van der Waals surface area contributed by atoms with E-state index in [-0.39, 0.29) is 5.91 Å². The number of nitriles is 2. The zero-order valence-corrected chi connectivity index (χ0v) is 11.3. The summed E-state index contributed by atoms with van der Waals surface area (Å²) in [4.78, 5) is 12.2. The molecule has 2 rings (SSSR count). The number of amides is 1. The van der Waals surface area contributed by atoms with Gasteiger partial charge in [0.1, 0.15) is 0 Å². The summed E-state index contributed by atoms with van der Waals surface area (Å²) in [5.74, 6) is -1.21. The molecular formula is C17H13N3O. The Morgan fingerprint density at radius 3 is 2.29 bits per heavy atom. The zero-order chi connectivity index (χ0) is 15.1. The van der Waals surface area contributed by atoms with Crippen LogP contribution in [0, 0.1) is 22.7 Å². The molecule has 0 radical (unpaired) electrons. The van der Waals surface area contributed by atoms with E-state index in [0.717, 1.165) is 5.56 Å². The highest BCUT2D eigenvalue weighted by atomic mass is 16.1. The van der Waals surface area contributed by atoms with Gasteiger partial charge in [0.2, 0.25) is 5.91 Å². The maximum Gasteiger partial charge on any atom is 0.246 e. The maximum absolute atomic E-state index is 12.2. The van der Waals surface area contributed by atoms with Crippen molar-refractivity contribution >= 4 is 11.6 Å². The molecule has 1 unspecified atom stereocenters. The molecule has 2 aromatic carbocycles. The van der Waals surface area contributed by atoms with E-state index in [2.05, 4.69) is 11.4 Å². The molecule has 0 saturated carbocycles. The molecule has 0 aliphatic rings. The van der Waals surface area contributed by atoms with E-state index in [9.17, 15) is 10.1 Å². The predicted octanol–water partition coefficient (Wildman–Crippen LogP) is 3.00. The van der Waals surface area contributed by atoms with Crippen molar-refractivity contribution in [2.45, 2.75) is 12.3 Å². The normalized spacial score (nSPS) is 11.0. The van der Waals surface area contributed by atoms with Crippen molar-refractivity contribution in [2.24, 2.45) is 0 Å². The third-order valence-corrected chi connectivity index (χ3v) is 3.03. The molecule has 4 heteroatoms. The lowest BCUT2D eigenvalue weighted by Gasteiger charge is -2.10. The van der Waals surface area contributed by atoms with Crippen LogP contribution in [0.5, 0.6) is 0 Å². The van der Waals surface area contributed by atoms with Crippen molar-refractivity contribution in [1.82, 2.24) is 0 Å². The van der Waals surface area contributed by atoms with Gasteiger partial charge in [0.05, 0.1) is 18.6 Å². The standard InChI is InChI=1S/C17H13N3O/c18-11-10-13-6-8-15(9-7-13)20-17(21)16(12-19)14-4-2-1-3-5-14/h1-9,16H,10H2,(H,20,21). The lowest BCUT2D eigenvalue weighted by atomic mass is 10.00. The van der Waals surface area contributed by atoms with Crippen LogP contribution in [0.1, 0.15) is 17.0 Å². The highest BCUT2D eigenvalue weighted by Gasteiger charge is 2.19. The fourth-order valence-electron chi connectivity index (χ4n) is 1.94. The third kappa shape index (κ3) is 3.68. The van der Waals surface area contributed by atoms with Crippen LogP contribution in [0.4, 0.5) is 5.69 Å². The van der Waals surface area contributed by atoms with Crippen LogP contribution < -0.4 is 5.32 Å². The summed E-state index contributed by atoms with van der Waals surface area (Å²) in [6.45, 7) is 0. The van der Waals surface area contributed by atoms with Crippen molar-refractivity contribution in [3.8, 4) is 12.1 Å². The summed E-state index contributed by atoms with van der Waals surface area (Å²) in [5, 5.41) is 20.5. The summed E-state index contributed by atoms with van der Waals surface area (Å²) in [5.41, 5.74) is 2.16. The van der Waals surface area contributed by atoms with Crippen LogP contribution in [-0.4, -0.2) is 5.91 Å². The number of benzene rings is 2. The second-order valence-electron chi connectivity index (χ2n) is 4.49. The van der Waals surface area contributed by atoms with Gasteiger partial charge >= 0.3 is 0 Å². The first kappa shape index (κ1) is 14.3. The number of rotatable bonds is 4. The van der Waals surface area contributed by atoms with Gasteiger partial charge in [-0.2, -0.15) is 10.5 Å². The van der Waals surface area contributed by atoms with Gasteiger partial charge in [-0.25, -0.2) is 0 Å². The van der Waals surface area contributed by atoms with E-state index in [1.54, 1.807) is 48.5 Å². The molecule has 0 bridgehead atoms. The summed E-state index contributed by atoms with van der Waals surface area (Å²) in [6, 6.07) is 20.0. The fourth-order valence-corrected chi connectivity index (χ4v) is 1.94. The van der Waals surface area contributed by atoms with Gasteiger partial charge in [0, 0.05) is 5.69 Å². The van der Waals surface area contributed by atoms with Crippen molar-refractivity contribution in [1.29, 1.82) is 10.5 Å². The molecular weight excluding hydrogens is 262 g/mol. The maximum atomic E-state index is 12.2. The highest BCUT2D eigenvalue weighted by molar-refractivity contribution is 5.97. The van der Waals surface area contributed by atoms with E-state index in [4.69, 9.17) is 5.26 Å². The molecule has 0 spiro atoms. The van der Waals surface area contributed by atoms with Crippen LogP contribution in [0.25, 0.3) is 0 Å². The van der Waals surface area contributed by atoms with Gasteiger partial charge in [-0.05, 0) is 23.3 Å². The van der Waals surface area contributed by atoms with Crippen LogP contribution in [-0.2, 0) is 11.2 Å². The first-order valence-electron chi connectivity index (χ1n) is 6.46. The van der Waals surface area contributed by atoms with E-state index >= 15 is 0 Å². The van der Waals surface area contributed by atoms with Gasteiger partial charge in [0.25, 0.3) is 0 Å². The molecule has 0 saturated heterocycles. The lowest BCUT2D eigenvalue weighted by molar-refractivity contribution is -0.116. The molecule has 1 N–H and O–H groups in total. The topological polar surface area (TPSA) is 76.7 Å². The van der Waals surface area contributed by atoms with Gasteiger partial charge in [-0.3, -0.25) is 4.79 Å². The van der Waals surface area contributed by atoms with E-state index < -0.39 is 5.92 Å². The van der Waals surface area contributed by atoms with E-state index in [1.165, 1.54) is 0 Å². The minimum Gasteiger partial charge on any atom is -0.325 e. The van der Waals surface area contributed by atoms with E-state index in [0.29, 0.717) is 17.7 Å². The molecule has 1 amide bonds. The number of hydrogen-bond donors (Lipinski definition) is 1. The van der Waals surface area contributed by atoms with Crippen molar-refractivity contribution in [3.05, 3.63) is 65.7 Å². The molecule has 4 nitrogen and oxygen atoms in total. The van der Waals surface area contributed by atoms with Gasteiger partial charge in [0.15, 0.2) is 5.92 Å². The van der Waals surface area contributed by atoms with Crippen molar-refractivity contribution < 1.29 is 4.79 Å². The van der Waals surface area contributed by atoms with Crippen molar-refractivity contribution in [2.75, 3.05) is 5.32 Å². The monoisotopic (exact) mass is 275 g/mol. The summed E-state index contributed by atoms with van der Waals surface area (Å²) >= 11 is 0. The second-order valence-corrected chi connectivity index (χ2v) is 4.49. The van der Waals surface area contributed by atoms with Crippen molar-refractivity contribution in [3.63, 3.8) is 0 Å². The number of carbonyl (C=O) groups is 1. The Labute approximate surface area is 123 Å². The molecule has 102 valence electrons. The quantitative estimate of drug-likeness (QED) is 0.931. The average Bonchev–Trinajstić information content (AvgIpc) is 2.51. The SMILES string of the molecule is N#CCc1ccc(NC(=O)C(C#N)c2ccccc2)cc1. The Bertz CT molecular complexity index is 694.